The summed E-state index contributed by atoms with van der Waals surface area (Å²) in [4.78, 5) is 0. The Balaban J connectivity index is 3.76. The van der Waals surface area contributed by atoms with E-state index in [4.69, 9.17) is 0 Å². The van der Waals surface area contributed by atoms with E-state index in [9.17, 15) is 4.57 Å². The molecule has 0 spiro atoms. The summed E-state index contributed by atoms with van der Waals surface area (Å²) in [5.74, 6) is 0.963. The normalized spacial score (nSPS) is 16.6. The first-order valence-electron chi connectivity index (χ1n) is 4.39. The molecule has 0 fully saturated rings. The molecule has 0 N–H and O–H groups in total. The third-order valence-corrected chi connectivity index (χ3v) is 6.05. The third-order valence-electron chi connectivity index (χ3n) is 1.59. The number of rotatable bonds is 6. The summed E-state index contributed by atoms with van der Waals surface area (Å²) in [5.41, 5.74) is 0. The van der Waals surface area contributed by atoms with Crippen molar-refractivity contribution < 1.29 is 9.05 Å². The van der Waals surface area contributed by atoms with Crippen LogP contribution in [0.25, 0.3) is 0 Å². The Kier molecular flexibility index (Phi) is 5.35. The van der Waals surface area contributed by atoms with Gasteiger partial charge in [0.1, 0.15) is 6.34 Å². The molecule has 0 aromatic heterocycles. The molecule has 0 aliphatic rings. The van der Waals surface area contributed by atoms with Gasteiger partial charge in [-0.2, -0.15) is 0 Å². The second-order valence-corrected chi connectivity index (χ2v) is 10.5. The lowest BCUT2D eigenvalue weighted by atomic mass is 10.6. The number of hydrogen-bond acceptors (Lipinski definition) is 2. The molecular formula is C9H21NOPS+. The highest BCUT2D eigenvalue weighted by molar-refractivity contribution is 8.57. The second kappa shape index (κ2) is 5.23. The minimum absolute atomic E-state index is 0.648. The van der Waals surface area contributed by atoms with Crippen molar-refractivity contribution in [3.8, 4) is 0 Å². The van der Waals surface area contributed by atoms with Gasteiger partial charge in [-0.25, -0.2) is 0 Å². The zero-order valence-corrected chi connectivity index (χ0v) is 10.8. The molecular weight excluding hydrogens is 201 g/mol. The highest BCUT2D eigenvalue weighted by Crippen LogP contribution is 2.54. The fraction of sp³-hybridized carbons (Fsp3) is 0.778. The smallest absolute Gasteiger partial charge is 0.140 e. The van der Waals surface area contributed by atoms with Crippen LogP contribution >= 0.6 is 17.7 Å². The largest absolute Gasteiger partial charge is 0.330 e. The molecule has 1 atom stereocenters. The maximum Gasteiger partial charge on any atom is 0.140 e. The van der Waals surface area contributed by atoms with Gasteiger partial charge in [-0.15, -0.1) is 6.58 Å². The van der Waals surface area contributed by atoms with Crippen LogP contribution in [0.4, 0.5) is 0 Å². The minimum Gasteiger partial charge on any atom is -0.330 e. The van der Waals surface area contributed by atoms with Gasteiger partial charge in [0, 0.05) is 11.9 Å². The Labute approximate surface area is 86.1 Å². The van der Waals surface area contributed by atoms with Gasteiger partial charge in [-0.1, -0.05) is 17.5 Å². The van der Waals surface area contributed by atoms with Gasteiger partial charge in [0.2, 0.25) is 0 Å². The summed E-state index contributed by atoms with van der Waals surface area (Å²) in [6, 6.07) is 0. The average molecular weight is 222 g/mol. The average Bonchev–Trinajstić information content (AvgIpc) is 1.82. The van der Waals surface area contributed by atoms with E-state index in [2.05, 4.69) is 27.7 Å². The number of hydrogen-bond donors (Lipinski definition) is 0. The molecule has 2 nitrogen and oxygen atoms in total. The first kappa shape index (κ1) is 13.3. The van der Waals surface area contributed by atoms with E-state index in [0.29, 0.717) is 6.16 Å². The quantitative estimate of drug-likeness (QED) is 0.390. The molecule has 0 aromatic carbocycles. The van der Waals surface area contributed by atoms with Crippen LogP contribution in [-0.4, -0.2) is 50.8 Å². The van der Waals surface area contributed by atoms with Crippen molar-refractivity contribution >= 4 is 17.7 Å². The molecule has 0 amide bonds. The van der Waals surface area contributed by atoms with E-state index in [0.717, 1.165) is 16.8 Å². The summed E-state index contributed by atoms with van der Waals surface area (Å²) in [5, 5.41) is 0. The van der Waals surface area contributed by atoms with E-state index < -0.39 is 6.34 Å². The zero-order valence-electron chi connectivity index (χ0n) is 9.12. The van der Waals surface area contributed by atoms with Crippen molar-refractivity contribution in [3.63, 3.8) is 0 Å². The van der Waals surface area contributed by atoms with Crippen molar-refractivity contribution in [1.82, 2.24) is 0 Å². The Hall–Kier alpha value is 0.280. The van der Waals surface area contributed by atoms with Crippen LogP contribution in [0.1, 0.15) is 0 Å². The Morgan fingerprint density at radius 3 is 2.38 bits per heavy atom. The topological polar surface area (TPSA) is 17.1 Å². The van der Waals surface area contributed by atoms with Crippen molar-refractivity contribution in [1.29, 1.82) is 0 Å². The predicted octanol–water partition coefficient (Wildman–Crippen LogP) is 2.52. The van der Waals surface area contributed by atoms with Crippen molar-refractivity contribution in [2.45, 2.75) is 0 Å². The number of quaternary nitrogens is 1. The van der Waals surface area contributed by atoms with Gasteiger partial charge in [-0.3, -0.25) is 0 Å². The molecule has 0 saturated carbocycles. The van der Waals surface area contributed by atoms with Gasteiger partial charge in [-0.05, 0) is 6.66 Å². The van der Waals surface area contributed by atoms with Crippen molar-refractivity contribution in [2.24, 2.45) is 0 Å². The van der Waals surface area contributed by atoms with Crippen LogP contribution in [0.15, 0.2) is 12.7 Å². The minimum atomic E-state index is -1.99. The molecule has 1 unspecified atom stereocenters. The molecule has 0 aliphatic heterocycles. The lowest BCUT2D eigenvalue weighted by Crippen LogP contribution is -2.36. The van der Waals surface area contributed by atoms with Gasteiger partial charge in [0.05, 0.1) is 27.7 Å². The first-order valence-corrected chi connectivity index (χ1v) is 8.32. The number of allylic oxidation sites excluding steroid dienone is 1. The van der Waals surface area contributed by atoms with Crippen LogP contribution in [-0.2, 0) is 4.57 Å². The van der Waals surface area contributed by atoms with E-state index >= 15 is 0 Å². The highest BCUT2D eigenvalue weighted by atomic mass is 32.7. The van der Waals surface area contributed by atoms with Crippen molar-refractivity contribution in [3.05, 3.63) is 12.7 Å². The molecule has 0 saturated heterocycles. The van der Waals surface area contributed by atoms with Crippen LogP contribution in [0.5, 0.6) is 0 Å². The lowest BCUT2D eigenvalue weighted by Gasteiger charge is -2.24. The molecule has 78 valence electrons. The van der Waals surface area contributed by atoms with Gasteiger partial charge < -0.3 is 9.05 Å². The maximum atomic E-state index is 11.8. The molecule has 0 bridgehead atoms. The molecule has 0 aliphatic carbocycles. The first-order chi connectivity index (χ1) is 5.77. The summed E-state index contributed by atoms with van der Waals surface area (Å²) in [7, 11) is 6.44. The maximum absolute atomic E-state index is 11.8. The number of nitrogens with zero attached hydrogens (tertiary/aromatic N) is 1. The highest BCUT2D eigenvalue weighted by Gasteiger charge is 2.15. The Morgan fingerprint density at radius 1 is 1.46 bits per heavy atom. The molecule has 0 rings (SSSR count). The fourth-order valence-corrected chi connectivity index (χ4v) is 4.42. The Bertz CT molecular complexity index is 210. The van der Waals surface area contributed by atoms with Crippen LogP contribution in [0, 0.1) is 0 Å². The van der Waals surface area contributed by atoms with Gasteiger partial charge in [0.25, 0.3) is 0 Å². The summed E-state index contributed by atoms with van der Waals surface area (Å²) >= 11 is 1.60. The molecule has 0 heterocycles. The zero-order chi connectivity index (χ0) is 10.5. The summed E-state index contributed by atoms with van der Waals surface area (Å²) in [6.45, 7) is 6.51. The molecule has 0 aromatic rings. The molecule has 13 heavy (non-hydrogen) atoms. The summed E-state index contributed by atoms with van der Waals surface area (Å²) in [6.07, 6.45) is 0.407. The standard InChI is InChI=1S/C9H21NOPS/c1-6-8-12(5,11)13-9-7-10(2,3)4/h6H,1,7-9H2,2-5H3/q+1. The summed E-state index contributed by atoms with van der Waals surface area (Å²) < 4.78 is 12.7. The van der Waals surface area contributed by atoms with Gasteiger partial charge in [0.15, 0.2) is 0 Å². The third kappa shape index (κ3) is 8.61. The lowest BCUT2D eigenvalue weighted by molar-refractivity contribution is -0.867. The predicted molar refractivity (Wildman–Crippen MR) is 64.0 cm³/mol. The van der Waals surface area contributed by atoms with Crippen LogP contribution in [0.2, 0.25) is 0 Å². The van der Waals surface area contributed by atoms with E-state index in [1.54, 1.807) is 17.5 Å². The van der Waals surface area contributed by atoms with Gasteiger partial charge >= 0.3 is 0 Å². The molecule has 0 radical (unpaired) electrons. The van der Waals surface area contributed by atoms with Crippen LogP contribution in [0.3, 0.4) is 0 Å². The van der Waals surface area contributed by atoms with E-state index in [-0.39, 0.29) is 0 Å². The monoisotopic (exact) mass is 222 g/mol. The molecule has 4 heteroatoms. The Morgan fingerprint density at radius 2 is 2.00 bits per heavy atom. The van der Waals surface area contributed by atoms with Crippen molar-refractivity contribution in [2.75, 3.05) is 46.3 Å². The fourth-order valence-electron chi connectivity index (χ4n) is 0.795. The SMILES string of the molecule is C=CCP(C)(=O)SCC[N+](C)(C)C. The van der Waals surface area contributed by atoms with E-state index in [1.165, 1.54) is 0 Å². The van der Waals surface area contributed by atoms with Crippen LogP contribution < -0.4 is 0 Å². The van der Waals surface area contributed by atoms with E-state index in [1.807, 2.05) is 6.66 Å². The second-order valence-electron chi connectivity index (χ2n) is 4.33.